The van der Waals surface area contributed by atoms with Crippen molar-refractivity contribution >= 4 is 47.6 Å². The van der Waals surface area contributed by atoms with Gasteiger partial charge >= 0.3 is 0 Å². The lowest BCUT2D eigenvalue weighted by atomic mass is 10.1. The maximum Gasteiger partial charge on any atom is 0.243 e. The molecule has 1 saturated heterocycles. The van der Waals surface area contributed by atoms with E-state index in [1.54, 1.807) is 12.1 Å². The number of sulfonamides is 1. The minimum atomic E-state index is -3.62. The molecule has 0 spiro atoms. The Balaban J connectivity index is 2.23. The third-order valence-corrected chi connectivity index (χ3v) is 6.33. The van der Waals surface area contributed by atoms with Crippen LogP contribution in [0.15, 0.2) is 26.0 Å². The molecule has 5 nitrogen and oxygen atoms in total. The van der Waals surface area contributed by atoms with Crippen molar-refractivity contribution in [2.45, 2.75) is 23.8 Å². The summed E-state index contributed by atoms with van der Waals surface area (Å²) in [4.78, 5) is 2.30. The van der Waals surface area contributed by atoms with Gasteiger partial charge in [0.15, 0.2) is 0 Å². The van der Waals surface area contributed by atoms with Gasteiger partial charge in [-0.25, -0.2) is 13.1 Å². The molecule has 0 atom stereocenters. The van der Waals surface area contributed by atoms with E-state index in [1.165, 1.54) is 0 Å². The lowest BCUT2D eigenvalue weighted by Crippen LogP contribution is -2.43. The molecule has 0 aliphatic carbocycles. The van der Waals surface area contributed by atoms with Crippen LogP contribution in [0.4, 0.5) is 5.69 Å². The highest BCUT2D eigenvalue weighted by atomic mass is 79.9. The van der Waals surface area contributed by atoms with E-state index >= 15 is 0 Å². The fourth-order valence-electron chi connectivity index (χ4n) is 2.27. The first-order valence-electron chi connectivity index (χ1n) is 6.25. The molecule has 0 aromatic heterocycles. The topological polar surface area (TPSA) is 75.4 Å². The molecular weight excluding hydrogens is 410 g/mol. The maximum atomic E-state index is 12.5. The smallest absolute Gasteiger partial charge is 0.243 e. The van der Waals surface area contributed by atoms with Crippen molar-refractivity contribution in [2.24, 2.45) is 0 Å². The summed E-state index contributed by atoms with van der Waals surface area (Å²) in [6.45, 7) is 1.79. The lowest BCUT2D eigenvalue weighted by Gasteiger charge is -2.29. The van der Waals surface area contributed by atoms with Crippen molar-refractivity contribution in [3.05, 3.63) is 21.1 Å². The Morgan fingerprint density at radius 2 is 1.90 bits per heavy atom. The molecule has 2 rings (SSSR count). The van der Waals surface area contributed by atoms with E-state index in [9.17, 15) is 8.42 Å². The standard InChI is InChI=1S/C12H17Br2N3O2S/c1-17-4-2-9(3-5-17)16-20(18,19)12-10(14)6-8(13)7-11(12)15/h6-7,9,16H,2-5,15H2,1H3. The third kappa shape index (κ3) is 3.73. The van der Waals surface area contributed by atoms with Crippen LogP contribution >= 0.6 is 31.9 Å². The number of nitrogens with zero attached hydrogens (tertiary/aromatic N) is 1. The number of rotatable bonds is 3. The summed E-state index contributed by atoms with van der Waals surface area (Å²) in [6, 6.07) is 3.24. The number of nitrogens with two attached hydrogens (primary N) is 1. The van der Waals surface area contributed by atoms with Gasteiger partial charge in [0.2, 0.25) is 10.0 Å². The van der Waals surface area contributed by atoms with E-state index in [2.05, 4.69) is 41.5 Å². The van der Waals surface area contributed by atoms with E-state index in [0.29, 0.717) is 4.47 Å². The summed E-state index contributed by atoms with van der Waals surface area (Å²) in [5.74, 6) is 0. The molecule has 0 amide bonds. The summed E-state index contributed by atoms with van der Waals surface area (Å²) in [5.41, 5.74) is 6.08. The Morgan fingerprint density at radius 1 is 1.30 bits per heavy atom. The second-order valence-electron chi connectivity index (χ2n) is 5.00. The minimum Gasteiger partial charge on any atom is -0.398 e. The quantitative estimate of drug-likeness (QED) is 0.726. The normalized spacial score (nSPS) is 18.4. The average molecular weight is 427 g/mol. The molecule has 1 heterocycles. The Kier molecular flexibility index (Phi) is 5.12. The van der Waals surface area contributed by atoms with Gasteiger partial charge < -0.3 is 10.6 Å². The number of likely N-dealkylation sites (tertiary alicyclic amines) is 1. The molecule has 1 aromatic carbocycles. The number of piperidine rings is 1. The Hall–Kier alpha value is -0.150. The van der Waals surface area contributed by atoms with Crippen molar-refractivity contribution in [3.8, 4) is 0 Å². The number of hydrogen-bond acceptors (Lipinski definition) is 4. The van der Waals surface area contributed by atoms with Crippen molar-refractivity contribution < 1.29 is 8.42 Å². The van der Waals surface area contributed by atoms with E-state index in [0.717, 1.165) is 30.4 Å². The van der Waals surface area contributed by atoms with Crippen molar-refractivity contribution in [1.29, 1.82) is 0 Å². The first-order chi connectivity index (χ1) is 9.29. The molecule has 20 heavy (non-hydrogen) atoms. The van der Waals surface area contributed by atoms with Gasteiger partial charge in [-0.1, -0.05) is 15.9 Å². The number of nitrogens with one attached hydrogen (secondary N) is 1. The second-order valence-corrected chi connectivity index (χ2v) is 8.43. The molecule has 8 heteroatoms. The highest BCUT2D eigenvalue weighted by molar-refractivity contribution is 9.11. The molecule has 112 valence electrons. The summed E-state index contributed by atoms with van der Waals surface area (Å²) in [5, 5.41) is 0. The lowest BCUT2D eigenvalue weighted by molar-refractivity contribution is 0.248. The van der Waals surface area contributed by atoms with Gasteiger partial charge in [0, 0.05) is 15.0 Å². The SMILES string of the molecule is CN1CCC(NS(=O)(=O)c2c(N)cc(Br)cc2Br)CC1. The third-order valence-electron chi connectivity index (χ3n) is 3.35. The van der Waals surface area contributed by atoms with Crippen LogP contribution in [0.2, 0.25) is 0 Å². The summed E-state index contributed by atoms with van der Waals surface area (Å²) in [7, 11) is -1.58. The van der Waals surface area contributed by atoms with Gasteiger partial charge in [0.05, 0.1) is 5.69 Å². The van der Waals surface area contributed by atoms with Crippen LogP contribution in [0, 0.1) is 0 Å². The van der Waals surface area contributed by atoms with Gasteiger partial charge in [-0.2, -0.15) is 0 Å². The van der Waals surface area contributed by atoms with Gasteiger partial charge in [-0.15, -0.1) is 0 Å². The molecule has 1 aromatic rings. The molecule has 0 radical (unpaired) electrons. The van der Waals surface area contributed by atoms with Gasteiger partial charge in [0.1, 0.15) is 4.90 Å². The summed E-state index contributed by atoms with van der Waals surface area (Å²) < 4.78 is 28.9. The van der Waals surface area contributed by atoms with E-state index < -0.39 is 10.0 Å². The molecule has 3 N–H and O–H groups in total. The highest BCUT2D eigenvalue weighted by Crippen LogP contribution is 2.32. The van der Waals surface area contributed by atoms with Gasteiger partial charge in [0.25, 0.3) is 0 Å². The fourth-order valence-corrected chi connectivity index (χ4v) is 5.64. The molecule has 0 unspecified atom stereocenters. The van der Waals surface area contributed by atoms with Crippen molar-refractivity contribution in [2.75, 3.05) is 25.9 Å². The Bertz CT molecular complexity index is 576. The first-order valence-corrected chi connectivity index (χ1v) is 9.32. The zero-order valence-corrected chi connectivity index (χ0v) is 15.1. The van der Waals surface area contributed by atoms with Gasteiger partial charge in [-0.3, -0.25) is 0 Å². The first kappa shape index (κ1) is 16.2. The van der Waals surface area contributed by atoms with Crippen molar-refractivity contribution in [1.82, 2.24) is 9.62 Å². The number of anilines is 1. The molecule has 0 saturated carbocycles. The van der Waals surface area contributed by atoms with Crippen LogP contribution in [0.25, 0.3) is 0 Å². The zero-order chi connectivity index (χ0) is 14.9. The molecule has 1 aliphatic rings. The zero-order valence-electron chi connectivity index (χ0n) is 11.1. The Labute approximate surface area is 136 Å². The molecule has 1 fully saturated rings. The van der Waals surface area contributed by atoms with Crippen LogP contribution < -0.4 is 10.5 Å². The maximum absolute atomic E-state index is 12.5. The summed E-state index contributed by atoms with van der Waals surface area (Å²) in [6.07, 6.45) is 1.62. The van der Waals surface area contributed by atoms with E-state index in [4.69, 9.17) is 5.73 Å². The highest BCUT2D eigenvalue weighted by Gasteiger charge is 2.26. The molecular formula is C12H17Br2N3O2S. The van der Waals surface area contributed by atoms with Crippen LogP contribution in [-0.2, 0) is 10.0 Å². The van der Waals surface area contributed by atoms with Crippen LogP contribution in [0.3, 0.4) is 0 Å². The predicted octanol–water partition coefficient (Wildman–Crippen LogP) is 2.17. The fraction of sp³-hybridized carbons (Fsp3) is 0.500. The van der Waals surface area contributed by atoms with E-state index in [-0.39, 0.29) is 16.6 Å². The van der Waals surface area contributed by atoms with Crippen LogP contribution in [-0.4, -0.2) is 39.5 Å². The number of nitrogen functional groups attached to an aromatic ring is 1. The predicted molar refractivity (Wildman–Crippen MR) is 87.1 cm³/mol. The number of halogens is 2. The van der Waals surface area contributed by atoms with Crippen molar-refractivity contribution in [3.63, 3.8) is 0 Å². The molecule has 0 bridgehead atoms. The largest absolute Gasteiger partial charge is 0.398 e. The Morgan fingerprint density at radius 3 is 2.45 bits per heavy atom. The summed E-state index contributed by atoms with van der Waals surface area (Å²) >= 11 is 6.56. The van der Waals surface area contributed by atoms with Crippen LogP contribution in [0.5, 0.6) is 0 Å². The molecule has 1 aliphatic heterocycles. The number of benzene rings is 1. The van der Waals surface area contributed by atoms with Crippen LogP contribution in [0.1, 0.15) is 12.8 Å². The van der Waals surface area contributed by atoms with Gasteiger partial charge in [-0.05, 0) is 61.0 Å². The average Bonchev–Trinajstić information content (AvgIpc) is 2.30. The monoisotopic (exact) mass is 425 g/mol. The second kappa shape index (κ2) is 6.31. The minimum absolute atomic E-state index is 0.0360. The number of hydrogen-bond donors (Lipinski definition) is 2. The van der Waals surface area contributed by atoms with E-state index in [1.807, 2.05) is 7.05 Å².